The molecule has 3 unspecified atom stereocenters. The minimum absolute atomic E-state index is 0.0135. The van der Waals surface area contributed by atoms with Crippen LogP contribution in [-0.2, 0) is 9.84 Å². The second-order valence-corrected chi connectivity index (χ2v) is 4.65. The minimum Gasteiger partial charge on any atom is -0.378 e. The molecule has 4 heteroatoms. The van der Waals surface area contributed by atoms with Gasteiger partial charge >= 0.3 is 0 Å². The minimum atomic E-state index is 0.0135. The highest BCUT2D eigenvalue weighted by Gasteiger charge is 2.34. The van der Waals surface area contributed by atoms with Crippen molar-refractivity contribution in [1.29, 1.82) is 0 Å². The van der Waals surface area contributed by atoms with Crippen molar-refractivity contribution in [3.8, 4) is 0 Å². The van der Waals surface area contributed by atoms with Gasteiger partial charge in [-0.15, -0.1) is 0 Å². The van der Waals surface area contributed by atoms with E-state index < -0.39 is 0 Å². The number of nitrogens with one attached hydrogen (secondary N) is 1. The van der Waals surface area contributed by atoms with Gasteiger partial charge in [-0.3, -0.25) is 4.90 Å². The highest BCUT2D eigenvalue weighted by molar-refractivity contribution is 4.88. The van der Waals surface area contributed by atoms with Gasteiger partial charge in [-0.2, -0.15) is 0 Å². The first-order valence-corrected chi connectivity index (χ1v) is 5.95. The van der Waals surface area contributed by atoms with Crippen LogP contribution >= 0.6 is 0 Å². The lowest BCUT2D eigenvalue weighted by molar-refractivity contribution is 0.0613. The van der Waals surface area contributed by atoms with Gasteiger partial charge in [-0.05, 0) is 13.3 Å². The topological polar surface area (TPSA) is 44.4 Å². The summed E-state index contributed by atoms with van der Waals surface area (Å²) in [7, 11) is 0. The van der Waals surface area contributed by atoms with Crippen molar-refractivity contribution in [2.24, 2.45) is 5.92 Å². The van der Waals surface area contributed by atoms with E-state index in [0.29, 0.717) is 24.6 Å². The van der Waals surface area contributed by atoms with E-state index in [9.17, 15) is 5.11 Å². The van der Waals surface area contributed by atoms with Gasteiger partial charge in [-0.25, -0.2) is 5.11 Å². The fraction of sp³-hybridized carbons (Fsp3) is 1.00. The third-order valence-electron chi connectivity index (χ3n) is 3.55. The third kappa shape index (κ3) is 2.69. The Kier molecular flexibility index (Phi) is 3.97. The largest absolute Gasteiger partial charge is 0.378 e. The van der Waals surface area contributed by atoms with Crippen LogP contribution in [0.4, 0.5) is 0 Å². The highest BCUT2D eigenvalue weighted by atomic mass is 16.5. The number of piperazine rings is 1. The molecule has 0 aromatic carbocycles. The van der Waals surface area contributed by atoms with Crippen LogP contribution in [0.2, 0.25) is 0 Å². The fourth-order valence-electron chi connectivity index (χ4n) is 2.75. The van der Waals surface area contributed by atoms with E-state index in [2.05, 4.69) is 17.1 Å². The molecule has 0 amide bonds. The second kappa shape index (κ2) is 5.25. The lowest BCUT2D eigenvalue weighted by Gasteiger charge is -2.38. The zero-order valence-electron chi connectivity index (χ0n) is 9.45. The van der Waals surface area contributed by atoms with Gasteiger partial charge < -0.3 is 10.1 Å². The summed E-state index contributed by atoms with van der Waals surface area (Å²) in [6, 6.07) is 0.512. The smallest absolute Gasteiger partial charge is 0.0949 e. The summed E-state index contributed by atoms with van der Waals surface area (Å²) in [6.07, 6.45) is 1.54. The van der Waals surface area contributed by atoms with E-state index in [0.717, 1.165) is 32.7 Å². The van der Waals surface area contributed by atoms with Gasteiger partial charge in [0.2, 0.25) is 0 Å². The first kappa shape index (κ1) is 11.3. The van der Waals surface area contributed by atoms with Gasteiger partial charge in [0.05, 0.1) is 19.3 Å². The van der Waals surface area contributed by atoms with Crippen LogP contribution in [0.3, 0.4) is 0 Å². The van der Waals surface area contributed by atoms with Crippen LogP contribution < -0.4 is 5.32 Å². The maximum Gasteiger partial charge on any atom is 0.0949 e. The Hall–Kier alpha value is -0.160. The van der Waals surface area contributed by atoms with Crippen LogP contribution in [0.25, 0.3) is 0 Å². The maximum absolute atomic E-state index is 10.7. The normalized spacial score (nSPS) is 38.4. The summed E-state index contributed by atoms with van der Waals surface area (Å²) in [5, 5.41) is 14.1. The zero-order chi connectivity index (χ0) is 10.7. The van der Waals surface area contributed by atoms with Crippen molar-refractivity contribution in [2.75, 3.05) is 39.4 Å². The van der Waals surface area contributed by atoms with E-state index >= 15 is 0 Å². The summed E-state index contributed by atoms with van der Waals surface area (Å²) in [6.45, 7) is 6.74. The average molecular weight is 213 g/mol. The van der Waals surface area contributed by atoms with Crippen LogP contribution in [0.5, 0.6) is 0 Å². The fourth-order valence-corrected chi connectivity index (χ4v) is 2.75. The SMILES string of the molecule is CC1CC(C2CNCCN2CC[O])CO1. The predicted molar refractivity (Wildman–Crippen MR) is 57.3 cm³/mol. The van der Waals surface area contributed by atoms with Gasteiger partial charge in [0.15, 0.2) is 0 Å². The first-order valence-electron chi connectivity index (χ1n) is 5.95. The average Bonchev–Trinajstić information content (AvgIpc) is 2.66. The van der Waals surface area contributed by atoms with Crippen LogP contribution in [0, 0.1) is 5.92 Å². The standard InChI is InChI=1S/C11H21N2O2/c1-9-6-10(8-15-9)11-7-12-2-3-13(11)4-5-14/h9-12H,2-8H2,1H3. The van der Waals surface area contributed by atoms with Crippen molar-refractivity contribution in [3.63, 3.8) is 0 Å². The van der Waals surface area contributed by atoms with E-state index in [1.54, 1.807) is 0 Å². The summed E-state index contributed by atoms with van der Waals surface area (Å²) in [5.74, 6) is 0.611. The Morgan fingerprint density at radius 2 is 2.40 bits per heavy atom. The maximum atomic E-state index is 10.7. The summed E-state index contributed by atoms with van der Waals surface area (Å²) >= 11 is 0. The summed E-state index contributed by atoms with van der Waals surface area (Å²) in [4.78, 5) is 2.34. The molecule has 1 N–H and O–H groups in total. The van der Waals surface area contributed by atoms with Gasteiger partial charge in [0.25, 0.3) is 0 Å². The number of hydrogen-bond acceptors (Lipinski definition) is 3. The first-order chi connectivity index (χ1) is 7.31. The molecule has 2 fully saturated rings. The molecule has 0 bridgehead atoms. The van der Waals surface area contributed by atoms with Crippen LogP contribution in [0.1, 0.15) is 13.3 Å². The molecule has 0 aliphatic carbocycles. The van der Waals surface area contributed by atoms with E-state index in [-0.39, 0.29) is 6.61 Å². The Labute approximate surface area is 91.6 Å². The monoisotopic (exact) mass is 213 g/mol. The van der Waals surface area contributed by atoms with Crippen LogP contribution in [-0.4, -0.2) is 56.4 Å². The Morgan fingerprint density at radius 3 is 3.07 bits per heavy atom. The Morgan fingerprint density at radius 1 is 1.53 bits per heavy atom. The van der Waals surface area contributed by atoms with E-state index in [4.69, 9.17) is 4.74 Å². The molecule has 4 nitrogen and oxygen atoms in total. The molecular weight excluding hydrogens is 192 g/mol. The van der Waals surface area contributed by atoms with Crippen LogP contribution in [0.15, 0.2) is 0 Å². The van der Waals surface area contributed by atoms with Crippen molar-refractivity contribution in [3.05, 3.63) is 0 Å². The molecule has 2 saturated heterocycles. The second-order valence-electron chi connectivity index (χ2n) is 4.65. The molecule has 15 heavy (non-hydrogen) atoms. The number of nitrogens with zero attached hydrogens (tertiary/aromatic N) is 1. The Balaban J connectivity index is 1.92. The number of hydrogen-bond donors (Lipinski definition) is 1. The molecule has 1 radical (unpaired) electrons. The molecule has 0 saturated carbocycles. The Bertz CT molecular complexity index is 194. The molecule has 2 heterocycles. The molecule has 3 atom stereocenters. The molecular formula is C11H21N2O2. The molecule has 0 spiro atoms. The lowest BCUT2D eigenvalue weighted by atomic mass is 9.94. The van der Waals surface area contributed by atoms with Gasteiger partial charge in [0, 0.05) is 38.1 Å². The molecule has 0 aromatic rings. The van der Waals surface area contributed by atoms with E-state index in [1.165, 1.54) is 0 Å². The van der Waals surface area contributed by atoms with Crippen molar-refractivity contribution < 1.29 is 9.84 Å². The highest BCUT2D eigenvalue weighted by Crippen LogP contribution is 2.26. The summed E-state index contributed by atoms with van der Waals surface area (Å²) in [5.41, 5.74) is 0. The molecule has 2 aliphatic heterocycles. The molecule has 2 aliphatic rings. The van der Waals surface area contributed by atoms with Gasteiger partial charge in [0.1, 0.15) is 0 Å². The predicted octanol–water partition coefficient (Wildman–Crippen LogP) is 0.116. The third-order valence-corrected chi connectivity index (χ3v) is 3.55. The lowest BCUT2D eigenvalue weighted by Crippen LogP contribution is -2.55. The molecule has 2 rings (SSSR count). The van der Waals surface area contributed by atoms with Gasteiger partial charge in [-0.1, -0.05) is 0 Å². The zero-order valence-corrected chi connectivity index (χ0v) is 9.45. The van der Waals surface area contributed by atoms with Crippen molar-refractivity contribution in [1.82, 2.24) is 10.2 Å². The van der Waals surface area contributed by atoms with Crippen molar-refractivity contribution >= 4 is 0 Å². The number of ether oxygens (including phenoxy) is 1. The molecule has 0 aromatic heterocycles. The molecule has 87 valence electrons. The quantitative estimate of drug-likeness (QED) is 0.724. The van der Waals surface area contributed by atoms with Crippen molar-refractivity contribution in [2.45, 2.75) is 25.5 Å². The number of rotatable bonds is 3. The van der Waals surface area contributed by atoms with E-state index in [1.807, 2.05) is 0 Å². The summed E-state index contributed by atoms with van der Waals surface area (Å²) < 4.78 is 5.61.